The van der Waals surface area contributed by atoms with Crippen molar-refractivity contribution in [2.75, 3.05) is 0 Å². The lowest BCUT2D eigenvalue weighted by Gasteiger charge is -1.96. The zero-order chi connectivity index (χ0) is 8.55. The Hall–Kier alpha value is -1.75. The maximum absolute atomic E-state index is 8.70. The third-order valence-corrected chi connectivity index (χ3v) is 1.99. The van der Waals surface area contributed by atoms with Crippen LogP contribution in [0.1, 0.15) is 11.1 Å². The fourth-order valence-corrected chi connectivity index (χ4v) is 1.42. The van der Waals surface area contributed by atoms with Crippen LogP contribution in [0.5, 0.6) is 0 Å². The quantitative estimate of drug-likeness (QED) is 0.624. The molecule has 2 aromatic rings. The molecule has 0 aliphatic carbocycles. The van der Waals surface area contributed by atoms with Gasteiger partial charge < -0.3 is 4.98 Å². The topological polar surface area (TPSA) is 39.6 Å². The Morgan fingerprint density at radius 2 is 2.25 bits per heavy atom. The number of aromatic amines is 1. The molecule has 1 N–H and O–H groups in total. The molecule has 12 heavy (non-hydrogen) atoms. The number of rotatable bonds is 0. The van der Waals surface area contributed by atoms with Crippen molar-refractivity contribution in [3.8, 4) is 6.07 Å². The van der Waals surface area contributed by atoms with E-state index in [-0.39, 0.29) is 0 Å². The standard InChI is InChI=1S/C10H8N2/c1-7-4-8(6-11)5-9-2-3-12-10(7)9/h2-5,12H,1H3. The Morgan fingerprint density at radius 1 is 1.42 bits per heavy atom. The molecule has 0 unspecified atom stereocenters. The highest BCUT2D eigenvalue weighted by Gasteiger charge is 1.99. The molecule has 0 aliphatic rings. The highest BCUT2D eigenvalue weighted by atomic mass is 14.7. The van der Waals surface area contributed by atoms with Gasteiger partial charge in [-0.15, -0.1) is 0 Å². The summed E-state index contributed by atoms with van der Waals surface area (Å²) in [6, 6.07) is 7.89. The predicted octanol–water partition coefficient (Wildman–Crippen LogP) is 2.35. The first-order valence-corrected chi connectivity index (χ1v) is 3.79. The van der Waals surface area contributed by atoms with E-state index >= 15 is 0 Å². The van der Waals surface area contributed by atoms with Gasteiger partial charge in [0.1, 0.15) is 0 Å². The van der Waals surface area contributed by atoms with E-state index in [1.54, 1.807) is 0 Å². The Bertz CT molecular complexity index is 460. The molecule has 2 heteroatoms. The average Bonchev–Trinajstić information content (AvgIpc) is 2.52. The maximum atomic E-state index is 8.70. The largest absolute Gasteiger partial charge is 0.361 e. The van der Waals surface area contributed by atoms with Gasteiger partial charge >= 0.3 is 0 Å². The summed E-state index contributed by atoms with van der Waals surface area (Å²) in [7, 11) is 0. The molecule has 0 saturated heterocycles. The molecule has 2 rings (SSSR count). The van der Waals surface area contributed by atoms with E-state index in [1.165, 1.54) is 0 Å². The predicted molar refractivity (Wildman–Crippen MR) is 47.8 cm³/mol. The fraction of sp³-hybridized carbons (Fsp3) is 0.100. The zero-order valence-corrected chi connectivity index (χ0v) is 6.76. The first-order valence-electron chi connectivity index (χ1n) is 3.79. The molecule has 1 aromatic heterocycles. The number of aromatic nitrogens is 1. The lowest BCUT2D eigenvalue weighted by molar-refractivity contribution is 1.40. The van der Waals surface area contributed by atoms with E-state index in [1.807, 2.05) is 31.3 Å². The van der Waals surface area contributed by atoms with Gasteiger partial charge in [-0.3, -0.25) is 0 Å². The summed E-state index contributed by atoms with van der Waals surface area (Å²) in [5.41, 5.74) is 2.96. The van der Waals surface area contributed by atoms with E-state index in [4.69, 9.17) is 5.26 Å². The van der Waals surface area contributed by atoms with Crippen molar-refractivity contribution in [1.29, 1.82) is 5.26 Å². The monoisotopic (exact) mass is 156 g/mol. The molecule has 0 saturated carbocycles. The number of hydrogen-bond donors (Lipinski definition) is 1. The minimum Gasteiger partial charge on any atom is -0.361 e. The number of aryl methyl sites for hydroxylation is 1. The maximum Gasteiger partial charge on any atom is 0.0991 e. The molecule has 2 nitrogen and oxygen atoms in total. The van der Waals surface area contributed by atoms with Crippen LogP contribution in [0.2, 0.25) is 0 Å². The van der Waals surface area contributed by atoms with Crippen LogP contribution in [-0.4, -0.2) is 4.98 Å². The minimum absolute atomic E-state index is 0.722. The highest BCUT2D eigenvalue weighted by molar-refractivity contribution is 5.83. The summed E-state index contributed by atoms with van der Waals surface area (Å²) in [5.74, 6) is 0. The van der Waals surface area contributed by atoms with Crippen molar-refractivity contribution in [2.24, 2.45) is 0 Å². The number of nitrogens with one attached hydrogen (secondary N) is 1. The van der Waals surface area contributed by atoms with Crippen molar-refractivity contribution < 1.29 is 0 Å². The molecule has 1 heterocycles. The Labute approximate surface area is 70.4 Å². The molecule has 0 radical (unpaired) electrons. The van der Waals surface area contributed by atoms with Gasteiger partial charge in [0.25, 0.3) is 0 Å². The first kappa shape index (κ1) is 6.93. The normalized spacial score (nSPS) is 10.0. The van der Waals surface area contributed by atoms with Crippen LogP contribution in [0, 0.1) is 18.3 Å². The summed E-state index contributed by atoms with van der Waals surface area (Å²) in [4.78, 5) is 3.13. The summed E-state index contributed by atoms with van der Waals surface area (Å²) in [5, 5.41) is 9.80. The minimum atomic E-state index is 0.722. The summed E-state index contributed by atoms with van der Waals surface area (Å²) < 4.78 is 0. The Balaban J connectivity index is 2.86. The van der Waals surface area contributed by atoms with Crippen LogP contribution in [0.15, 0.2) is 24.4 Å². The smallest absolute Gasteiger partial charge is 0.0991 e. The number of nitrogens with zero attached hydrogens (tertiary/aromatic N) is 1. The van der Waals surface area contributed by atoms with Crippen molar-refractivity contribution in [3.05, 3.63) is 35.5 Å². The van der Waals surface area contributed by atoms with Crippen molar-refractivity contribution in [1.82, 2.24) is 4.98 Å². The lowest BCUT2D eigenvalue weighted by Crippen LogP contribution is -1.79. The molecule has 0 bridgehead atoms. The van der Waals surface area contributed by atoms with Crippen LogP contribution < -0.4 is 0 Å². The second-order valence-electron chi connectivity index (χ2n) is 2.85. The zero-order valence-electron chi connectivity index (χ0n) is 6.76. The molecule has 58 valence electrons. The molecule has 0 atom stereocenters. The van der Waals surface area contributed by atoms with E-state index < -0.39 is 0 Å². The third kappa shape index (κ3) is 0.876. The number of H-pyrrole nitrogens is 1. The Kier molecular flexibility index (Phi) is 1.38. The van der Waals surface area contributed by atoms with Crippen molar-refractivity contribution in [2.45, 2.75) is 6.92 Å². The molecular formula is C10H8N2. The summed E-state index contributed by atoms with van der Waals surface area (Å²) >= 11 is 0. The molecule has 0 amide bonds. The number of benzene rings is 1. The van der Waals surface area contributed by atoms with Gasteiger partial charge in [-0.05, 0) is 30.7 Å². The van der Waals surface area contributed by atoms with Gasteiger partial charge in [0.05, 0.1) is 11.6 Å². The van der Waals surface area contributed by atoms with Gasteiger partial charge in [-0.2, -0.15) is 5.26 Å². The van der Waals surface area contributed by atoms with Crippen molar-refractivity contribution in [3.63, 3.8) is 0 Å². The van der Waals surface area contributed by atoms with Crippen LogP contribution in [-0.2, 0) is 0 Å². The van der Waals surface area contributed by atoms with E-state index in [9.17, 15) is 0 Å². The molecule has 0 spiro atoms. The molecule has 1 aromatic carbocycles. The second-order valence-corrected chi connectivity index (χ2v) is 2.85. The van der Waals surface area contributed by atoms with Gasteiger partial charge in [0.2, 0.25) is 0 Å². The van der Waals surface area contributed by atoms with Gasteiger partial charge in [0, 0.05) is 17.1 Å². The molecular weight excluding hydrogens is 148 g/mol. The number of nitriles is 1. The Morgan fingerprint density at radius 3 is 3.00 bits per heavy atom. The first-order chi connectivity index (χ1) is 5.81. The van der Waals surface area contributed by atoms with E-state index in [0.29, 0.717) is 0 Å². The van der Waals surface area contributed by atoms with Crippen molar-refractivity contribution >= 4 is 10.9 Å². The van der Waals surface area contributed by atoms with Crippen LogP contribution in [0.3, 0.4) is 0 Å². The lowest BCUT2D eigenvalue weighted by atomic mass is 10.1. The van der Waals surface area contributed by atoms with Crippen LogP contribution >= 0.6 is 0 Å². The fourth-order valence-electron chi connectivity index (χ4n) is 1.42. The number of hydrogen-bond acceptors (Lipinski definition) is 1. The summed E-state index contributed by atoms with van der Waals surface area (Å²) in [6.07, 6.45) is 1.89. The number of fused-ring (bicyclic) bond motifs is 1. The van der Waals surface area contributed by atoms with Crippen LogP contribution in [0.4, 0.5) is 0 Å². The molecule has 0 fully saturated rings. The highest BCUT2D eigenvalue weighted by Crippen LogP contribution is 2.18. The summed E-state index contributed by atoms with van der Waals surface area (Å²) in [6.45, 7) is 2.00. The van der Waals surface area contributed by atoms with Gasteiger partial charge in [-0.25, -0.2) is 0 Å². The third-order valence-electron chi connectivity index (χ3n) is 1.99. The van der Waals surface area contributed by atoms with Crippen LogP contribution in [0.25, 0.3) is 10.9 Å². The van der Waals surface area contributed by atoms with Gasteiger partial charge in [0.15, 0.2) is 0 Å². The average molecular weight is 156 g/mol. The SMILES string of the molecule is Cc1cc(C#N)cc2cc[nH]c12. The van der Waals surface area contributed by atoms with E-state index in [0.717, 1.165) is 22.0 Å². The van der Waals surface area contributed by atoms with E-state index in [2.05, 4.69) is 11.1 Å². The second kappa shape index (κ2) is 2.38. The van der Waals surface area contributed by atoms with Gasteiger partial charge in [-0.1, -0.05) is 0 Å². The molecule has 0 aliphatic heterocycles.